The van der Waals surface area contributed by atoms with Crippen LogP contribution < -0.4 is 10.1 Å². The Labute approximate surface area is 121 Å². The molecule has 0 saturated carbocycles. The van der Waals surface area contributed by atoms with Crippen molar-refractivity contribution in [3.63, 3.8) is 0 Å². The second-order valence-corrected chi connectivity index (χ2v) is 5.17. The smallest absolute Gasteiger partial charge is 0.125 e. The summed E-state index contributed by atoms with van der Waals surface area (Å²) in [5.74, 6) is 1.89. The maximum Gasteiger partial charge on any atom is 0.125 e. The molecule has 0 amide bonds. The molecular formula is C17H23NO2. The molecule has 0 fully saturated rings. The van der Waals surface area contributed by atoms with Crippen molar-refractivity contribution in [1.82, 2.24) is 5.32 Å². The average Bonchev–Trinajstić information content (AvgIpc) is 2.92. The molecule has 0 unspecified atom stereocenters. The lowest BCUT2D eigenvalue weighted by Crippen LogP contribution is -2.21. The summed E-state index contributed by atoms with van der Waals surface area (Å²) in [7, 11) is 0. The molecule has 0 radical (unpaired) electrons. The van der Waals surface area contributed by atoms with E-state index in [2.05, 4.69) is 38.2 Å². The third-order valence-electron chi connectivity index (χ3n) is 3.05. The Hall–Kier alpha value is -1.74. The van der Waals surface area contributed by atoms with Crippen LogP contribution >= 0.6 is 0 Å². The van der Waals surface area contributed by atoms with E-state index in [1.54, 1.807) is 6.26 Å². The van der Waals surface area contributed by atoms with Gasteiger partial charge in [0.2, 0.25) is 0 Å². The van der Waals surface area contributed by atoms with E-state index in [9.17, 15) is 0 Å². The van der Waals surface area contributed by atoms with E-state index >= 15 is 0 Å². The van der Waals surface area contributed by atoms with Gasteiger partial charge in [0, 0.05) is 11.6 Å². The van der Waals surface area contributed by atoms with Gasteiger partial charge in [-0.3, -0.25) is 0 Å². The lowest BCUT2D eigenvalue weighted by Gasteiger charge is -2.09. The number of hydrogen-bond donors (Lipinski definition) is 1. The van der Waals surface area contributed by atoms with E-state index in [1.807, 2.05) is 18.2 Å². The van der Waals surface area contributed by atoms with Crippen LogP contribution in [0.15, 0.2) is 41.0 Å². The Morgan fingerprint density at radius 3 is 2.55 bits per heavy atom. The number of rotatable bonds is 7. The van der Waals surface area contributed by atoms with E-state index in [4.69, 9.17) is 9.15 Å². The number of ether oxygens (including phenoxy) is 1. The van der Waals surface area contributed by atoms with Gasteiger partial charge < -0.3 is 14.5 Å². The lowest BCUT2D eigenvalue weighted by atomic mass is 10.1. The fourth-order valence-electron chi connectivity index (χ4n) is 1.98. The minimum atomic E-state index is 0.442. The summed E-state index contributed by atoms with van der Waals surface area (Å²) in [6.45, 7) is 7.86. The Bertz CT molecular complexity index is 514. The largest absolute Gasteiger partial charge is 0.494 e. The molecule has 2 aromatic rings. The van der Waals surface area contributed by atoms with Crippen molar-refractivity contribution in [1.29, 1.82) is 0 Å². The maximum absolute atomic E-state index is 5.60. The van der Waals surface area contributed by atoms with E-state index in [-0.39, 0.29) is 0 Å². The Balaban J connectivity index is 2.09. The van der Waals surface area contributed by atoms with Crippen molar-refractivity contribution in [2.24, 2.45) is 0 Å². The Morgan fingerprint density at radius 1 is 1.15 bits per heavy atom. The van der Waals surface area contributed by atoms with Gasteiger partial charge in [0.25, 0.3) is 0 Å². The number of nitrogens with one attached hydrogen (secondary N) is 1. The fraction of sp³-hybridized carbons (Fsp3) is 0.412. The van der Waals surface area contributed by atoms with Crippen LogP contribution in [0.5, 0.6) is 5.75 Å². The molecule has 3 heteroatoms. The molecule has 20 heavy (non-hydrogen) atoms. The molecule has 108 valence electrons. The molecule has 0 aliphatic heterocycles. The van der Waals surface area contributed by atoms with Gasteiger partial charge in [0.05, 0.1) is 19.4 Å². The third kappa shape index (κ3) is 3.87. The summed E-state index contributed by atoms with van der Waals surface area (Å²) in [5, 5.41) is 3.38. The van der Waals surface area contributed by atoms with Crippen LogP contribution in [0.1, 0.15) is 33.0 Å². The molecule has 1 aromatic heterocycles. The second kappa shape index (κ2) is 7.15. The SMILES string of the molecule is CCCOc1ccc(-c2ccoc2CNC(C)C)cc1. The third-order valence-corrected chi connectivity index (χ3v) is 3.05. The number of hydrogen-bond acceptors (Lipinski definition) is 3. The van der Waals surface area contributed by atoms with Crippen molar-refractivity contribution >= 4 is 0 Å². The van der Waals surface area contributed by atoms with Gasteiger partial charge in [0.1, 0.15) is 11.5 Å². The molecule has 0 atom stereocenters. The van der Waals surface area contributed by atoms with Crippen molar-refractivity contribution in [2.75, 3.05) is 6.61 Å². The average molecular weight is 273 g/mol. The standard InChI is InChI=1S/C17H23NO2/c1-4-10-19-15-7-5-14(6-8-15)16-9-11-20-17(16)12-18-13(2)3/h5-9,11,13,18H,4,10,12H2,1-3H3. The molecule has 3 nitrogen and oxygen atoms in total. The zero-order chi connectivity index (χ0) is 14.4. The van der Waals surface area contributed by atoms with E-state index < -0.39 is 0 Å². The molecule has 1 heterocycles. The van der Waals surface area contributed by atoms with Gasteiger partial charge >= 0.3 is 0 Å². The van der Waals surface area contributed by atoms with Gasteiger partial charge in [-0.05, 0) is 30.2 Å². The molecular weight excluding hydrogens is 250 g/mol. The molecule has 1 aromatic carbocycles. The van der Waals surface area contributed by atoms with Crippen LogP contribution in [0, 0.1) is 0 Å². The first-order valence-corrected chi connectivity index (χ1v) is 7.23. The Kier molecular flexibility index (Phi) is 5.24. The molecule has 2 rings (SSSR count). The molecule has 0 aliphatic carbocycles. The predicted molar refractivity (Wildman–Crippen MR) is 81.9 cm³/mol. The van der Waals surface area contributed by atoms with Crippen molar-refractivity contribution in [3.8, 4) is 16.9 Å². The minimum Gasteiger partial charge on any atom is -0.494 e. The van der Waals surface area contributed by atoms with Crippen molar-refractivity contribution in [2.45, 2.75) is 39.8 Å². The topological polar surface area (TPSA) is 34.4 Å². The second-order valence-electron chi connectivity index (χ2n) is 5.17. The summed E-state index contributed by atoms with van der Waals surface area (Å²) < 4.78 is 11.2. The summed E-state index contributed by atoms with van der Waals surface area (Å²) in [6.07, 6.45) is 2.77. The highest BCUT2D eigenvalue weighted by Crippen LogP contribution is 2.27. The number of furan rings is 1. The first-order valence-electron chi connectivity index (χ1n) is 7.23. The predicted octanol–water partition coefficient (Wildman–Crippen LogP) is 4.23. The van der Waals surface area contributed by atoms with Crippen LogP contribution in [0.4, 0.5) is 0 Å². The lowest BCUT2D eigenvalue weighted by molar-refractivity contribution is 0.317. The summed E-state index contributed by atoms with van der Waals surface area (Å²) >= 11 is 0. The van der Waals surface area contributed by atoms with Gasteiger partial charge in [-0.2, -0.15) is 0 Å². The zero-order valence-electron chi connectivity index (χ0n) is 12.5. The highest BCUT2D eigenvalue weighted by Gasteiger charge is 2.09. The van der Waals surface area contributed by atoms with E-state index in [1.165, 1.54) is 0 Å². The first kappa shape index (κ1) is 14.7. The van der Waals surface area contributed by atoms with Crippen LogP contribution in [-0.2, 0) is 6.54 Å². The Morgan fingerprint density at radius 2 is 1.90 bits per heavy atom. The van der Waals surface area contributed by atoms with Gasteiger partial charge in [0.15, 0.2) is 0 Å². The van der Waals surface area contributed by atoms with Crippen molar-refractivity contribution in [3.05, 3.63) is 42.4 Å². The fourth-order valence-corrected chi connectivity index (χ4v) is 1.98. The van der Waals surface area contributed by atoms with Gasteiger partial charge in [-0.15, -0.1) is 0 Å². The van der Waals surface area contributed by atoms with Crippen LogP contribution in [0.2, 0.25) is 0 Å². The zero-order valence-corrected chi connectivity index (χ0v) is 12.5. The van der Waals surface area contributed by atoms with Crippen LogP contribution in [0.25, 0.3) is 11.1 Å². The van der Waals surface area contributed by atoms with E-state index in [0.29, 0.717) is 6.04 Å². The maximum atomic E-state index is 5.60. The highest BCUT2D eigenvalue weighted by molar-refractivity contribution is 5.66. The molecule has 0 saturated heterocycles. The van der Waals surface area contributed by atoms with Gasteiger partial charge in [-0.25, -0.2) is 0 Å². The highest BCUT2D eigenvalue weighted by atomic mass is 16.5. The minimum absolute atomic E-state index is 0.442. The van der Waals surface area contributed by atoms with E-state index in [0.717, 1.165) is 42.2 Å². The first-order chi connectivity index (χ1) is 9.70. The van der Waals surface area contributed by atoms with Gasteiger partial charge in [-0.1, -0.05) is 32.9 Å². The monoisotopic (exact) mass is 273 g/mol. The molecule has 0 spiro atoms. The molecule has 0 bridgehead atoms. The molecule has 1 N–H and O–H groups in total. The number of benzene rings is 1. The quantitative estimate of drug-likeness (QED) is 0.819. The summed E-state index contributed by atoms with van der Waals surface area (Å²) in [4.78, 5) is 0. The summed E-state index contributed by atoms with van der Waals surface area (Å²) in [5.41, 5.74) is 2.29. The normalized spacial score (nSPS) is 11.0. The van der Waals surface area contributed by atoms with Crippen molar-refractivity contribution < 1.29 is 9.15 Å². The van der Waals surface area contributed by atoms with Crippen LogP contribution in [-0.4, -0.2) is 12.6 Å². The summed E-state index contributed by atoms with van der Waals surface area (Å²) in [6, 6.07) is 10.6. The molecule has 0 aliphatic rings. The van der Waals surface area contributed by atoms with Crippen LogP contribution in [0.3, 0.4) is 0 Å².